The Labute approximate surface area is 118 Å². The number of rotatable bonds is 2. The fourth-order valence-corrected chi connectivity index (χ4v) is 3.42. The number of hydrogen-bond acceptors (Lipinski definition) is 3. The van der Waals surface area contributed by atoms with Gasteiger partial charge in [-0.15, -0.1) is 11.8 Å². The lowest BCUT2D eigenvalue weighted by Gasteiger charge is -2.07. The number of thioether (sulfide) groups is 1. The number of nitrogens with one attached hydrogen (secondary N) is 1. The van der Waals surface area contributed by atoms with E-state index in [2.05, 4.69) is 4.98 Å². The van der Waals surface area contributed by atoms with Gasteiger partial charge in [0.05, 0.1) is 10.6 Å². The normalized spacial score (nSPS) is 13.5. The first kappa shape index (κ1) is 12.6. The molecule has 0 unspecified atom stereocenters. The number of benzene rings is 1. The van der Waals surface area contributed by atoms with Gasteiger partial charge >= 0.3 is 5.69 Å². The van der Waals surface area contributed by atoms with Gasteiger partial charge in [-0.05, 0) is 17.7 Å². The van der Waals surface area contributed by atoms with E-state index in [0.29, 0.717) is 23.6 Å². The van der Waals surface area contributed by atoms with Crippen LogP contribution >= 0.6 is 23.4 Å². The number of nitrogens with zero attached hydrogens (tertiary/aromatic N) is 1. The van der Waals surface area contributed by atoms with E-state index < -0.39 is 0 Å². The smallest absolute Gasteiger partial charge is 0.287 e. The molecule has 3 rings (SSSR count). The van der Waals surface area contributed by atoms with Gasteiger partial charge in [-0.1, -0.05) is 23.7 Å². The minimum atomic E-state index is -0.315. The average molecular weight is 295 g/mol. The first-order valence-electron chi connectivity index (χ1n) is 5.88. The van der Waals surface area contributed by atoms with Gasteiger partial charge in [-0.2, -0.15) is 0 Å². The van der Waals surface area contributed by atoms with E-state index in [0.717, 1.165) is 16.3 Å². The highest BCUT2D eigenvalue weighted by Crippen LogP contribution is 2.26. The van der Waals surface area contributed by atoms with E-state index in [1.165, 1.54) is 0 Å². The van der Waals surface area contributed by atoms with Gasteiger partial charge in [0.25, 0.3) is 5.56 Å². The van der Waals surface area contributed by atoms with Crippen LogP contribution in [0.5, 0.6) is 0 Å². The van der Waals surface area contributed by atoms with Crippen molar-refractivity contribution in [3.05, 3.63) is 61.3 Å². The minimum Gasteiger partial charge on any atom is -0.287 e. The van der Waals surface area contributed by atoms with Gasteiger partial charge in [-0.3, -0.25) is 14.3 Å². The molecule has 0 bridgehead atoms. The second-order valence-electron chi connectivity index (χ2n) is 4.35. The third kappa shape index (κ3) is 2.35. The number of aromatic amines is 1. The predicted molar refractivity (Wildman–Crippen MR) is 76.3 cm³/mol. The molecule has 1 aliphatic rings. The van der Waals surface area contributed by atoms with E-state index in [9.17, 15) is 9.59 Å². The third-order valence-corrected chi connectivity index (χ3v) is 4.47. The molecule has 0 fully saturated rings. The summed E-state index contributed by atoms with van der Waals surface area (Å²) in [6, 6.07) is 7.38. The maximum atomic E-state index is 12.0. The second kappa shape index (κ2) is 4.90. The van der Waals surface area contributed by atoms with Gasteiger partial charge < -0.3 is 0 Å². The Morgan fingerprint density at radius 2 is 2.00 bits per heavy atom. The first-order valence-corrected chi connectivity index (χ1v) is 7.25. The van der Waals surface area contributed by atoms with Gasteiger partial charge in [0.15, 0.2) is 0 Å². The highest BCUT2D eigenvalue weighted by atomic mass is 35.5. The summed E-state index contributed by atoms with van der Waals surface area (Å²) in [5.41, 5.74) is 1.05. The molecule has 4 nitrogen and oxygen atoms in total. The summed E-state index contributed by atoms with van der Waals surface area (Å²) in [6.45, 7) is 0.656. The molecule has 2 aromatic rings. The predicted octanol–water partition coefficient (Wildman–Crippen LogP) is 1.89. The van der Waals surface area contributed by atoms with Crippen LogP contribution in [0, 0.1) is 0 Å². The molecular formula is C13H11ClN2O2S. The summed E-state index contributed by atoms with van der Waals surface area (Å²) in [5.74, 6) is 0.833. The zero-order chi connectivity index (χ0) is 13.4. The van der Waals surface area contributed by atoms with Crippen LogP contribution in [-0.4, -0.2) is 15.3 Å². The molecule has 2 heterocycles. The number of hydrogen-bond donors (Lipinski definition) is 1. The van der Waals surface area contributed by atoms with Crippen LogP contribution < -0.4 is 11.2 Å². The quantitative estimate of drug-likeness (QED) is 0.861. The zero-order valence-corrected chi connectivity index (χ0v) is 11.6. The van der Waals surface area contributed by atoms with Crippen molar-refractivity contribution in [2.75, 3.05) is 5.75 Å². The Morgan fingerprint density at radius 3 is 2.74 bits per heavy atom. The van der Waals surface area contributed by atoms with Crippen molar-refractivity contribution in [1.82, 2.24) is 9.55 Å². The lowest BCUT2D eigenvalue weighted by molar-refractivity contribution is 0.644. The van der Waals surface area contributed by atoms with Crippen molar-refractivity contribution in [3.63, 3.8) is 0 Å². The van der Waals surface area contributed by atoms with Crippen LogP contribution in [0.25, 0.3) is 0 Å². The molecule has 1 aliphatic heterocycles. The highest BCUT2D eigenvalue weighted by Gasteiger charge is 2.20. The standard InChI is InChI=1S/C13H11ClN2O2S/c14-9-3-1-8(2-4-9)7-10-11(17)15-13(18)16-5-6-19-12(10)16/h1-4H,5-7H2,(H,15,17,18). The van der Waals surface area contributed by atoms with Crippen LogP contribution in [0.2, 0.25) is 5.02 Å². The third-order valence-electron chi connectivity index (χ3n) is 3.09. The molecule has 1 N–H and O–H groups in total. The summed E-state index contributed by atoms with van der Waals surface area (Å²) < 4.78 is 1.64. The Hall–Kier alpha value is -1.46. The molecule has 0 atom stereocenters. The molecule has 0 amide bonds. The maximum absolute atomic E-state index is 12.0. The van der Waals surface area contributed by atoms with Crippen molar-refractivity contribution in [3.8, 4) is 0 Å². The van der Waals surface area contributed by atoms with Gasteiger partial charge in [-0.25, -0.2) is 4.79 Å². The Morgan fingerprint density at radius 1 is 1.26 bits per heavy atom. The van der Waals surface area contributed by atoms with Crippen LogP contribution in [0.1, 0.15) is 11.1 Å². The number of halogens is 1. The Bertz CT molecular complexity index is 734. The van der Waals surface area contributed by atoms with Crippen LogP contribution in [0.3, 0.4) is 0 Å². The fraction of sp³-hybridized carbons (Fsp3) is 0.231. The van der Waals surface area contributed by atoms with Gasteiger partial charge in [0, 0.05) is 23.7 Å². The van der Waals surface area contributed by atoms with Crippen molar-refractivity contribution < 1.29 is 0 Å². The van der Waals surface area contributed by atoms with Crippen molar-refractivity contribution >= 4 is 23.4 Å². The molecule has 19 heavy (non-hydrogen) atoms. The van der Waals surface area contributed by atoms with Crippen molar-refractivity contribution in [2.24, 2.45) is 0 Å². The van der Waals surface area contributed by atoms with Crippen LogP contribution in [-0.2, 0) is 13.0 Å². The SMILES string of the molecule is O=c1[nH]c(=O)n2c(c1Cc1ccc(Cl)cc1)SCC2. The van der Waals surface area contributed by atoms with E-state index >= 15 is 0 Å². The number of aromatic nitrogens is 2. The second-order valence-corrected chi connectivity index (χ2v) is 5.87. The Kier molecular flexibility index (Phi) is 3.24. The van der Waals surface area contributed by atoms with Crippen molar-refractivity contribution in [1.29, 1.82) is 0 Å². The summed E-state index contributed by atoms with van der Waals surface area (Å²) in [4.78, 5) is 26.0. The molecule has 0 aliphatic carbocycles. The molecule has 0 saturated heterocycles. The monoisotopic (exact) mass is 294 g/mol. The largest absolute Gasteiger partial charge is 0.329 e. The molecule has 0 saturated carbocycles. The van der Waals surface area contributed by atoms with Crippen LogP contribution in [0.4, 0.5) is 0 Å². The maximum Gasteiger partial charge on any atom is 0.329 e. The zero-order valence-electron chi connectivity index (χ0n) is 9.98. The number of H-pyrrole nitrogens is 1. The highest BCUT2D eigenvalue weighted by molar-refractivity contribution is 7.99. The molecule has 1 aromatic heterocycles. The number of fused-ring (bicyclic) bond motifs is 1. The van der Waals surface area contributed by atoms with E-state index in [-0.39, 0.29) is 11.2 Å². The molecule has 6 heteroatoms. The first-order chi connectivity index (χ1) is 9.15. The minimum absolute atomic E-state index is 0.291. The average Bonchev–Trinajstić information content (AvgIpc) is 2.86. The Balaban J connectivity index is 2.06. The lowest BCUT2D eigenvalue weighted by Crippen LogP contribution is -2.32. The van der Waals surface area contributed by atoms with Gasteiger partial charge in [0.2, 0.25) is 0 Å². The lowest BCUT2D eigenvalue weighted by atomic mass is 10.1. The molecule has 98 valence electrons. The van der Waals surface area contributed by atoms with Gasteiger partial charge in [0.1, 0.15) is 0 Å². The van der Waals surface area contributed by atoms with E-state index in [1.807, 2.05) is 12.1 Å². The summed E-state index contributed by atoms with van der Waals surface area (Å²) in [5, 5.41) is 1.46. The molecule has 1 aromatic carbocycles. The molecular weight excluding hydrogens is 284 g/mol. The summed E-state index contributed by atoms with van der Waals surface area (Å²) >= 11 is 7.41. The summed E-state index contributed by atoms with van der Waals surface area (Å²) in [6.07, 6.45) is 0.509. The summed E-state index contributed by atoms with van der Waals surface area (Å²) in [7, 11) is 0. The fourth-order valence-electron chi connectivity index (χ4n) is 2.16. The molecule has 0 spiro atoms. The van der Waals surface area contributed by atoms with Crippen molar-refractivity contribution in [2.45, 2.75) is 18.0 Å². The molecule has 0 radical (unpaired) electrons. The van der Waals surface area contributed by atoms with E-state index in [1.54, 1.807) is 28.5 Å². The van der Waals surface area contributed by atoms with E-state index in [4.69, 9.17) is 11.6 Å². The topological polar surface area (TPSA) is 54.9 Å². The van der Waals surface area contributed by atoms with Crippen LogP contribution in [0.15, 0.2) is 38.9 Å².